The third-order valence-electron chi connectivity index (χ3n) is 4.26. The Morgan fingerprint density at radius 3 is 2.95 bits per heavy atom. The number of methoxy groups -OCH3 is 1. The molecule has 1 aromatic heterocycles. The zero-order valence-electron chi connectivity index (χ0n) is 11.9. The van der Waals surface area contributed by atoms with E-state index in [1.807, 2.05) is 6.92 Å². The van der Waals surface area contributed by atoms with Gasteiger partial charge < -0.3 is 10.1 Å². The van der Waals surface area contributed by atoms with Gasteiger partial charge in [0.25, 0.3) is 0 Å². The fourth-order valence-corrected chi connectivity index (χ4v) is 6.60. The second kappa shape index (κ2) is 5.35. The Labute approximate surface area is 128 Å². The van der Waals surface area contributed by atoms with E-state index in [9.17, 15) is 13.2 Å². The van der Waals surface area contributed by atoms with Gasteiger partial charge in [-0.1, -0.05) is 0 Å². The highest BCUT2D eigenvalue weighted by atomic mass is 32.2. The van der Waals surface area contributed by atoms with Crippen LogP contribution in [0.3, 0.4) is 0 Å². The summed E-state index contributed by atoms with van der Waals surface area (Å²) in [5, 5.41) is 4.86. The number of thiophene rings is 1. The average molecular weight is 330 g/mol. The van der Waals surface area contributed by atoms with E-state index in [0.717, 1.165) is 24.3 Å². The SMILES string of the molecule is COC(=O)c1sccc1S(=O)(=O)N1C(C)CC2CNCC21. The van der Waals surface area contributed by atoms with Crippen molar-refractivity contribution in [3.05, 3.63) is 16.3 Å². The molecular weight excluding hydrogens is 312 g/mol. The summed E-state index contributed by atoms with van der Waals surface area (Å²) >= 11 is 1.10. The second-order valence-corrected chi connectivity index (χ2v) is 8.24. The average Bonchev–Trinajstić information content (AvgIpc) is 3.11. The van der Waals surface area contributed by atoms with Gasteiger partial charge in [-0.05, 0) is 37.3 Å². The van der Waals surface area contributed by atoms with Crippen LogP contribution in [0.15, 0.2) is 16.3 Å². The topological polar surface area (TPSA) is 75.7 Å². The number of hydrogen-bond acceptors (Lipinski definition) is 6. The first-order chi connectivity index (χ1) is 9.96. The van der Waals surface area contributed by atoms with Gasteiger partial charge in [-0.3, -0.25) is 0 Å². The van der Waals surface area contributed by atoms with Gasteiger partial charge in [-0.25, -0.2) is 13.2 Å². The Balaban J connectivity index is 2.01. The lowest BCUT2D eigenvalue weighted by Gasteiger charge is -2.26. The molecule has 0 saturated carbocycles. The summed E-state index contributed by atoms with van der Waals surface area (Å²) in [7, 11) is -2.42. The first kappa shape index (κ1) is 15.0. The van der Waals surface area contributed by atoms with Crippen molar-refractivity contribution in [3.8, 4) is 0 Å². The minimum atomic E-state index is -3.68. The highest BCUT2D eigenvalue weighted by Gasteiger charge is 2.48. The van der Waals surface area contributed by atoms with Gasteiger partial charge in [0.15, 0.2) is 0 Å². The van der Waals surface area contributed by atoms with Crippen LogP contribution >= 0.6 is 11.3 Å². The molecule has 3 atom stereocenters. The molecule has 21 heavy (non-hydrogen) atoms. The Morgan fingerprint density at radius 1 is 1.48 bits per heavy atom. The Morgan fingerprint density at radius 2 is 2.24 bits per heavy atom. The molecule has 0 aliphatic carbocycles. The van der Waals surface area contributed by atoms with E-state index in [2.05, 4.69) is 10.1 Å². The molecule has 8 heteroatoms. The maximum absolute atomic E-state index is 13.0. The molecule has 116 valence electrons. The lowest BCUT2D eigenvalue weighted by molar-refractivity contribution is 0.0602. The number of nitrogens with zero attached hydrogens (tertiary/aromatic N) is 1. The molecule has 3 rings (SSSR count). The van der Waals surface area contributed by atoms with Crippen molar-refractivity contribution in [2.45, 2.75) is 30.3 Å². The predicted molar refractivity (Wildman–Crippen MR) is 78.9 cm³/mol. The highest BCUT2D eigenvalue weighted by molar-refractivity contribution is 7.89. The molecule has 6 nitrogen and oxygen atoms in total. The maximum Gasteiger partial charge on any atom is 0.349 e. The molecule has 0 bridgehead atoms. The third-order valence-corrected chi connectivity index (χ3v) is 7.37. The molecule has 3 unspecified atom stereocenters. The zero-order chi connectivity index (χ0) is 15.2. The van der Waals surface area contributed by atoms with Gasteiger partial charge in [-0.2, -0.15) is 4.31 Å². The van der Waals surface area contributed by atoms with E-state index in [4.69, 9.17) is 0 Å². The first-order valence-electron chi connectivity index (χ1n) is 6.87. The zero-order valence-corrected chi connectivity index (χ0v) is 13.5. The van der Waals surface area contributed by atoms with E-state index < -0.39 is 16.0 Å². The van der Waals surface area contributed by atoms with Crippen LogP contribution in [0.5, 0.6) is 0 Å². The summed E-state index contributed by atoms with van der Waals surface area (Å²) in [6.07, 6.45) is 0.856. The summed E-state index contributed by atoms with van der Waals surface area (Å²) < 4.78 is 32.2. The Hall–Kier alpha value is -0.960. The number of carbonyl (C=O) groups is 1. The van der Waals surface area contributed by atoms with Gasteiger partial charge in [-0.15, -0.1) is 11.3 Å². The molecule has 2 saturated heterocycles. The molecule has 1 N–H and O–H groups in total. The molecule has 1 aromatic rings. The fourth-order valence-electron chi connectivity index (χ4n) is 3.40. The molecule has 2 aliphatic heterocycles. The van der Waals surface area contributed by atoms with E-state index >= 15 is 0 Å². The van der Waals surface area contributed by atoms with Crippen LogP contribution in [0.4, 0.5) is 0 Å². The summed E-state index contributed by atoms with van der Waals surface area (Å²) in [6, 6.07) is 1.43. The first-order valence-corrected chi connectivity index (χ1v) is 9.19. The van der Waals surface area contributed by atoms with Crippen LogP contribution in [0, 0.1) is 5.92 Å². The minimum absolute atomic E-state index is 0.0182. The monoisotopic (exact) mass is 330 g/mol. The van der Waals surface area contributed by atoms with E-state index in [1.165, 1.54) is 13.2 Å². The van der Waals surface area contributed by atoms with Crippen LogP contribution in [0.25, 0.3) is 0 Å². The van der Waals surface area contributed by atoms with E-state index in [1.54, 1.807) is 9.69 Å². The van der Waals surface area contributed by atoms with Crippen LogP contribution in [-0.4, -0.2) is 51.0 Å². The quantitative estimate of drug-likeness (QED) is 0.834. The molecule has 0 aromatic carbocycles. The molecule has 2 fully saturated rings. The van der Waals surface area contributed by atoms with Crippen molar-refractivity contribution >= 4 is 27.3 Å². The Bertz CT molecular complexity index is 655. The largest absolute Gasteiger partial charge is 0.465 e. The number of ether oxygens (including phenoxy) is 1. The summed E-state index contributed by atoms with van der Waals surface area (Å²) in [5.41, 5.74) is 0. The number of fused-ring (bicyclic) bond motifs is 1. The van der Waals surface area contributed by atoms with Gasteiger partial charge in [0.1, 0.15) is 9.77 Å². The maximum atomic E-state index is 13.0. The number of carbonyl (C=O) groups excluding carboxylic acids is 1. The molecular formula is C13H18N2O4S2. The smallest absolute Gasteiger partial charge is 0.349 e. The van der Waals surface area contributed by atoms with Crippen molar-refractivity contribution < 1.29 is 17.9 Å². The fraction of sp³-hybridized carbons (Fsp3) is 0.615. The molecule has 0 spiro atoms. The van der Waals surface area contributed by atoms with Gasteiger partial charge in [0.05, 0.1) is 7.11 Å². The number of nitrogens with one attached hydrogen (secondary N) is 1. The van der Waals surface area contributed by atoms with E-state index in [0.29, 0.717) is 12.5 Å². The molecule has 0 amide bonds. The lowest BCUT2D eigenvalue weighted by Crippen LogP contribution is -2.42. The predicted octanol–water partition coefficient (Wildman–Crippen LogP) is 0.906. The van der Waals surface area contributed by atoms with E-state index in [-0.39, 0.29) is 21.9 Å². The molecule has 2 aliphatic rings. The number of sulfonamides is 1. The van der Waals surface area contributed by atoms with Crippen LogP contribution < -0.4 is 5.32 Å². The van der Waals surface area contributed by atoms with Gasteiger partial charge in [0, 0.05) is 18.6 Å². The minimum Gasteiger partial charge on any atom is -0.465 e. The normalized spacial score (nSPS) is 29.5. The highest BCUT2D eigenvalue weighted by Crippen LogP contribution is 2.38. The summed E-state index contributed by atoms with van der Waals surface area (Å²) in [4.78, 5) is 12.0. The van der Waals surface area contributed by atoms with Crippen LogP contribution in [-0.2, 0) is 14.8 Å². The van der Waals surface area contributed by atoms with Crippen LogP contribution in [0.2, 0.25) is 0 Å². The Kier molecular flexibility index (Phi) is 3.81. The van der Waals surface area contributed by atoms with Crippen molar-refractivity contribution in [1.29, 1.82) is 0 Å². The second-order valence-electron chi connectivity index (χ2n) is 5.51. The van der Waals surface area contributed by atoms with Crippen LogP contribution in [0.1, 0.15) is 23.0 Å². The van der Waals surface area contributed by atoms with Crippen molar-refractivity contribution in [2.75, 3.05) is 20.2 Å². The lowest BCUT2D eigenvalue weighted by atomic mass is 10.0. The van der Waals surface area contributed by atoms with Crippen molar-refractivity contribution in [1.82, 2.24) is 9.62 Å². The number of esters is 1. The summed E-state index contributed by atoms with van der Waals surface area (Å²) in [6.45, 7) is 3.46. The van der Waals surface area contributed by atoms with Gasteiger partial charge >= 0.3 is 5.97 Å². The van der Waals surface area contributed by atoms with Gasteiger partial charge in [0.2, 0.25) is 10.0 Å². The summed E-state index contributed by atoms with van der Waals surface area (Å²) in [5.74, 6) is -0.244. The molecule has 0 radical (unpaired) electrons. The standard InChI is InChI=1S/C13H18N2O4S2/c1-8-5-9-6-14-7-10(9)15(8)21(17,18)11-3-4-20-12(11)13(16)19-2/h3-4,8-10,14H,5-7H2,1-2H3. The van der Waals surface area contributed by atoms with Crippen molar-refractivity contribution in [3.63, 3.8) is 0 Å². The molecule has 3 heterocycles. The number of rotatable bonds is 3. The van der Waals surface area contributed by atoms with Crippen molar-refractivity contribution in [2.24, 2.45) is 5.92 Å². The number of hydrogen-bond donors (Lipinski definition) is 1. The third kappa shape index (κ3) is 2.30.